The number of rotatable bonds is 8. The first kappa shape index (κ1) is 21.9. The number of nitrogens with one attached hydrogen (secondary N) is 1. The van der Waals surface area contributed by atoms with Gasteiger partial charge in [0.2, 0.25) is 5.13 Å². The van der Waals surface area contributed by atoms with E-state index in [9.17, 15) is 4.79 Å². The summed E-state index contributed by atoms with van der Waals surface area (Å²) in [5, 5.41) is 12.2. The third-order valence-corrected chi connectivity index (χ3v) is 6.34. The lowest BCUT2D eigenvalue weighted by molar-refractivity contribution is 0.102. The van der Waals surface area contributed by atoms with E-state index in [1.165, 1.54) is 22.5 Å². The second-order valence-electron chi connectivity index (χ2n) is 7.46. The summed E-state index contributed by atoms with van der Waals surface area (Å²) in [5.41, 5.74) is 5.20. The molecule has 0 saturated heterocycles. The SMILES string of the molecule is C=CC1=C(CC)CN(Cc2ccc(C(=O)Nc3nnc(-c4ccncc4)s3)cc2OC)C1. The Kier molecular flexibility index (Phi) is 6.72. The van der Waals surface area contributed by atoms with E-state index in [-0.39, 0.29) is 5.91 Å². The first-order chi connectivity index (χ1) is 15.6. The van der Waals surface area contributed by atoms with Crippen molar-refractivity contribution in [1.82, 2.24) is 20.1 Å². The highest BCUT2D eigenvalue weighted by Gasteiger charge is 2.21. The van der Waals surface area contributed by atoms with Gasteiger partial charge in [0, 0.05) is 48.7 Å². The Morgan fingerprint density at radius 1 is 1.25 bits per heavy atom. The van der Waals surface area contributed by atoms with Gasteiger partial charge in [0.1, 0.15) is 10.8 Å². The molecule has 1 N–H and O–H groups in total. The zero-order chi connectivity index (χ0) is 22.5. The van der Waals surface area contributed by atoms with E-state index < -0.39 is 0 Å². The number of benzene rings is 1. The van der Waals surface area contributed by atoms with Crippen molar-refractivity contribution >= 4 is 22.4 Å². The van der Waals surface area contributed by atoms with Gasteiger partial charge in [0.05, 0.1) is 7.11 Å². The van der Waals surface area contributed by atoms with Gasteiger partial charge in [-0.1, -0.05) is 42.6 Å². The molecule has 0 spiro atoms. The van der Waals surface area contributed by atoms with Crippen LogP contribution in [0.15, 0.2) is 66.5 Å². The highest BCUT2D eigenvalue weighted by Crippen LogP contribution is 2.28. The third-order valence-electron chi connectivity index (χ3n) is 5.45. The monoisotopic (exact) mass is 447 g/mol. The molecule has 32 heavy (non-hydrogen) atoms. The highest BCUT2D eigenvalue weighted by atomic mass is 32.1. The summed E-state index contributed by atoms with van der Waals surface area (Å²) >= 11 is 1.32. The lowest BCUT2D eigenvalue weighted by atomic mass is 10.1. The summed E-state index contributed by atoms with van der Waals surface area (Å²) in [4.78, 5) is 19.1. The second kappa shape index (κ2) is 9.84. The number of pyridine rings is 1. The number of anilines is 1. The molecule has 0 bridgehead atoms. The molecular weight excluding hydrogens is 422 g/mol. The molecule has 1 amide bonds. The minimum Gasteiger partial charge on any atom is -0.496 e. The van der Waals surface area contributed by atoms with Gasteiger partial charge in [-0.05, 0) is 36.3 Å². The second-order valence-corrected chi connectivity index (χ2v) is 8.44. The number of carbonyl (C=O) groups excluding carboxylic acids is 1. The van der Waals surface area contributed by atoms with E-state index in [0.29, 0.717) is 16.4 Å². The van der Waals surface area contributed by atoms with Crippen LogP contribution in [-0.4, -0.2) is 46.2 Å². The molecular formula is C24H25N5O2S. The molecule has 3 heterocycles. The molecule has 8 heteroatoms. The smallest absolute Gasteiger partial charge is 0.257 e. The number of ether oxygens (including phenoxy) is 1. The summed E-state index contributed by atoms with van der Waals surface area (Å²) in [7, 11) is 1.63. The number of hydrogen-bond acceptors (Lipinski definition) is 7. The Morgan fingerprint density at radius 2 is 2.06 bits per heavy atom. The van der Waals surface area contributed by atoms with E-state index in [0.717, 1.165) is 42.2 Å². The van der Waals surface area contributed by atoms with Gasteiger partial charge in [-0.25, -0.2) is 0 Å². The van der Waals surface area contributed by atoms with Crippen molar-refractivity contribution in [2.45, 2.75) is 19.9 Å². The standard InChI is InChI=1S/C24H25N5O2S/c1-4-16-13-29(14-17(16)5-2)15-20-7-6-19(12-21(20)31-3)22(30)26-24-28-27-23(32-24)18-8-10-25-11-9-18/h4,6-12H,1,5,13-15H2,2-3H3,(H,26,28,30). The number of carbonyl (C=O) groups is 1. The number of methoxy groups -OCH3 is 1. The van der Waals surface area contributed by atoms with Crippen molar-refractivity contribution in [3.8, 4) is 16.3 Å². The van der Waals surface area contributed by atoms with Crippen LogP contribution in [0, 0.1) is 0 Å². The zero-order valence-electron chi connectivity index (χ0n) is 18.2. The summed E-state index contributed by atoms with van der Waals surface area (Å²) in [6.07, 6.45) is 6.38. The first-order valence-electron chi connectivity index (χ1n) is 10.4. The molecule has 0 fully saturated rings. The van der Waals surface area contributed by atoms with Gasteiger partial charge in [-0.15, -0.1) is 10.2 Å². The van der Waals surface area contributed by atoms with Crippen molar-refractivity contribution < 1.29 is 9.53 Å². The quantitative estimate of drug-likeness (QED) is 0.545. The molecule has 0 aliphatic carbocycles. The Morgan fingerprint density at radius 3 is 2.75 bits per heavy atom. The van der Waals surface area contributed by atoms with Crippen LogP contribution in [0.4, 0.5) is 5.13 Å². The van der Waals surface area contributed by atoms with Gasteiger partial charge >= 0.3 is 0 Å². The molecule has 0 atom stereocenters. The molecule has 7 nitrogen and oxygen atoms in total. The molecule has 3 aromatic rings. The lowest BCUT2D eigenvalue weighted by Gasteiger charge is -2.18. The first-order valence-corrected chi connectivity index (χ1v) is 11.2. The number of hydrogen-bond donors (Lipinski definition) is 1. The van der Waals surface area contributed by atoms with Gasteiger partial charge in [0.25, 0.3) is 5.91 Å². The maximum Gasteiger partial charge on any atom is 0.257 e. The summed E-state index contributed by atoms with van der Waals surface area (Å²) in [6, 6.07) is 9.25. The van der Waals surface area contributed by atoms with Crippen molar-refractivity contribution in [2.24, 2.45) is 0 Å². The molecule has 2 aromatic heterocycles. The molecule has 0 radical (unpaired) electrons. The summed E-state index contributed by atoms with van der Waals surface area (Å²) < 4.78 is 5.59. The Hall–Kier alpha value is -3.36. The van der Waals surface area contributed by atoms with Crippen LogP contribution in [0.25, 0.3) is 10.6 Å². The van der Waals surface area contributed by atoms with Crippen LogP contribution in [0.5, 0.6) is 5.75 Å². The van der Waals surface area contributed by atoms with Crippen molar-refractivity contribution in [2.75, 3.05) is 25.5 Å². The van der Waals surface area contributed by atoms with Crippen molar-refractivity contribution in [3.05, 3.63) is 77.7 Å². The van der Waals surface area contributed by atoms with Gasteiger partial charge in [-0.3, -0.25) is 20.0 Å². The molecule has 1 aliphatic heterocycles. The zero-order valence-corrected chi connectivity index (χ0v) is 19.0. The van der Waals surface area contributed by atoms with Crippen LogP contribution >= 0.6 is 11.3 Å². The molecule has 1 aliphatic rings. The van der Waals surface area contributed by atoms with Gasteiger partial charge in [0.15, 0.2) is 0 Å². The van der Waals surface area contributed by atoms with E-state index in [1.54, 1.807) is 25.6 Å². The topological polar surface area (TPSA) is 80.2 Å². The highest BCUT2D eigenvalue weighted by molar-refractivity contribution is 7.18. The summed E-state index contributed by atoms with van der Waals surface area (Å²) in [6.45, 7) is 8.67. The van der Waals surface area contributed by atoms with Crippen LogP contribution in [0.3, 0.4) is 0 Å². The predicted molar refractivity (Wildman–Crippen MR) is 127 cm³/mol. The third kappa shape index (κ3) is 4.76. The number of aromatic nitrogens is 3. The van der Waals surface area contributed by atoms with Crippen LogP contribution in [0.1, 0.15) is 29.3 Å². The van der Waals surface area contributed by atoms with Crippen molar-refractivity contribution in [3.63, 3.8) is 0 Å². The predicted octanol–water partition coefficient (Wildman–Crippen LogP) is 4.57. The summed E-state index contributed by atoms with van der Waals surface area (Å²) in [5.74, 6) is 0.440. The minimum absolute atomic E-state index is 0.252. The average molecular weight is 448 g/mol. The van der Waals surface area contributed by atoms with Gasteiger partial charge < -0.3 is 4.74 Å². The Labute approximate surface area is 191 Å². The van der Waals surface area contributed by atoms with Crippen LogP contribution in [-0.2, 0) is 6.54 Å². The molecule has 4 rings (SSSR count). The van der Waals surface area contributed by atoms with Crippen LogP contribution in [0.2, 0.25) is 0 Å². The fourth-order valence-electron chi connectivity index (χ4n) is 3.75. The fourth-order valence-corrected chi connectivity index (χ4v) is 4.50. The van der Waals surface area contributed by atoms with Crippen molar-refractivity contribution in [1.29, 1.82) is 0 Å². The Bertz CT molecular complexity index is 1160. The minimum atomic E-state index is -0.252. The maximum atomic E-state index is 12.8. The fraction of sp³-hybridized carbons (Fsp3) is 0.250. The maximum absolute atomic E-state index is 12.8. The van der Waals surface area contributed by atoms with Gasteiger partial charge in [-0.2, -0.15) is 0 Å². The van der Waals surface area contributed by atoms with E-state index in [1.807, 2.05) is 30.3 Å². The van der Waals surface area contributed by atoms with Crippen LogP contribution < -0.4 is 10.1 Å². The molecule has 0 unspecified atom stereocenters. The average Bonchev–Trinajstić information content (AvgIpc) is 3.46. The lowest BCUT2D eigenvalue weighted by Crippen LogP contribution is -2.21. The molecule has 1 aromatic carbocycles. The van der Waals surface area contributed by atoms with E-state index >= 15 is 0 Å². The number of amides is 1. The largest absolute Gasteiger partial charge is 0.496 e. The molecule has 0 saturated carbocycles. The molecule has 164 valence electrons. The number of nitrogens with zero attached hydrogens (tertiary/aromatic N) is 4. The van der Waals surface area contributed by atoms with E-state index in [4.69, 9.17) is 4.74 Å². The normalized spacial score (nSPS) is 13.9. The Balaban J connectivity index is 1.44. The van der Waals surface area contributed by atoms with E-state index in [2.05, 4.69) is 38.9 Å².